The van der Waals surface area contributed by atoms with Crippen molar-refractivity contribution in [1.29, 1.82) is 0 Å². The Morgan fingerprint density at radius 1 is 1.30 bits per heavy atom. The van der Waals surface area contributed by atoms with Crippen LogP contribution in [0.5, 0.6) is 5.88 Å². The number of rotatable bonds is 5. The molecular weight excluding hydrogens is 380 g/mol. The van der Waals surface area contributed by atoms with Crippen LogP contribution in [-0.2, 0) is 0 Å². The second-order valence-electron chi connectivity index (χ2n) is 8.09. The maximum atomic E-state index is 10.5. The number of aliphatic hydroxyl groups is 1. The van der Waals surface area contributed by atoms with Crippen LogP contribution in [0.4, 0.5) is 5.95 Å². The molecule has 0 unspecified atom stereocenters. The molecular formula is C22H26N6O2. The lowest BCUT2D eigenvalue weighted by molar-refractivity contribution is -0.00198. The predicted octanol–water partition coefficient (Wildman–Crippen LogP) is 3.78. The highest BCUT2D eigenvalue weighted by Crippen LogP contribution is 2.36. The van der Waals surface area contributed by atoms with Crippen LogP contribution < -0.4 is 10.1 Å². The first-order chi connectivity index (χ1) is 14.6. The van der Waals surface area contributed by atoms with Crippen LogP contribution in [0.2, 0.25) is 0 Å². The molecule has 4 heterocycles. The van der Waals surface area contributed by atoms with Gasteiger partial charge in [0.25, 0.3) is 0 Å². The molecule has 0 aliphatic heterocycles. The lowest BCUT2D eigenvalue weighted by atomic mass is 9.80. The Bertz CT molecular complexity index is 1190. The number of anilines is 1. The average molecular weight is 406 g/mol. The van der Waals surface area contributed by atoms with Gasteiger partial charge in [0, 0.05) is 42.0 Å². The molecule has 0 atom stereocenters. The molecule has 0 amide bonds. The molecule has 30 heavy (non-hydrogen) atoms. The smallest absolute Gasteiger partial charge is 0.228 e. The van der Waals surface area contributed by atoms with Crippen LogP contribution in [0.25, 0.3) is 27.8 Å². The zero-order valence-electron chi connectivity index (χ0n) is 17.2. The van der Waals surface area contributed by atoms with Gasteiger partial charge in [-0.3, -0.25) is 0 Å². The third-order valence-corrected chi connectivity index (χ3v) is 6.30. The second-order valence-corrected chi connectivity index (χ2v) is 8.09. The number of nitrogens with zero attached hydrogens (tertiary/aromatic N) is 4. The Morgan fingerprint density at radius 3 is 2.90 bits per heavy atom. The van der Waals surface area contributed by atoms with E-state index in [-0.39, 0.29) is 6.04 Å². The molecule has 8 heteroatoms. The molecule has 1 fully saturated rings. The minimum atomic E-state index is -0.522. The van der Waals surface area contributed by atoms with E-state index in [1.807, 2.05) is 42.0 Å². The van der Waals surface area contributed by atoms with E-state index in [1.165, 1.54) is 0 Å². The van der Waals surface area contributed by atoms with Gasteiger partial charge in [0.15, 0.2) is 0 Å². The number of imidazole rings is 1. The van der Waals surface area contributed by atoms with Crippen molar-refractivity contribution < 1.29 is 9.84 Å². The van der Waals surface area contributed by atoms with E-state index in [9.17, 15) is 5.11 Å². The maximum absolute atomic E-state index is 10.5. The van der Waals surface area contributed by atoms with Gasteiger partial charge >= 0.3 is 0 Å². The summed E-state index contributed by atoms with van der Waals surface area (Å²) in [6.07, 6.45) is 11.9. The van der Waals surface area contributed by atoms with Crippen LogP contribution in [0, 0.1) is 0 Å². The van der Waals surface area contributed by atoms with Gasteiger partial charge in [-0.05, 0) is 44.2 Å². The molecule has 0 saturated heterocycles. The average Bonchev–Trinajstić information content (AvgIpc) is 3.41. The molecule has 0 bridgehead atoms. The zero-order chi connectivity index (χ0) is 20.7. The number of aromatic nitrogens is 5. The van der Waals surface area contributed by atoms with Crippen LogP contribution in [-0.4, -0.2) is 48.2 Å². The minimum Gasteiger partial charge on any atom is -0.480 e. The van der Waals surface area contributed by atoms with Crippen LogP contribution in [0.3, 0.4) is 0 Å². The van der Waals surface area contributed by atoms with Crippen LogP contribution in [0.15, 0.2) is 36.9 Å². The van der Waals surface area contributed by atoms with Crippen molar-refractivity contribution >= 4 is 22.6 Å². The molecule has 1 saturated carbocycles. The van der Waals surface area contributed by atoms with Gasteiger partial charge < -0.3 is 24.5 Å². The van der Waals surface area contributed by atoms with Gasteiger partial charge in [0.05, 0.1) is 18.1 Å². The fourth-order valence-electron chi connectivity index (χ4n) is 4.35. The van der Waals surface area contributed by atoms with E-state index in [1.54, 1.807) is 13.3 Å². The molecule has 4 aromatic heterocycles. The summed E-state index contributed by atoms with van der Waals surface area (Å²) in [7, 11) is 1.63. The number of ether oxygens (including phenoxy) is 1. The molecule has 0 radical (unpaired) electrons. The van der Waals surface area contributed by atoms with E-state index in [4.69, 9.17) is 9.72 Å². The van der Waals surface area contributed by atoms with Gasteiger partial charge in [-0.15, -0.1) is 0 Å². The normalized spacial score (nSPS) is 21.9. The van der Waals surface area contributed by atoms with E-state index in [0.29, 0.717) is 11.8 Å². The lowest BCUT2D eigenvalue weighted by Crippen LogP contribution is -2.38. The molecule has 0 spiro atoms. The molecule has 1 aliphatic rings. The summed E-state index contributed by atoms with van der Waals surface area (Å²) in [4.78, 5) is 16.9. The minimum absolute atomic E-state index is 0.247. The van der Waals surface area contributed by atoms with Gasteiger partial charge in [0.2, 0.25) is 11.8 Å². The molecule has 4 aromatic rings. The van der Waals surface area contributed by atoms with Gasteiger partial charge in [-0.1, -0.05) is 6.92 Å². The summed E-state index contributed by atoms with van der Waals surface area (Å²) >= 11 is 0. The van der Waals surface area contributed by atoms with E-state index < -0.39 is 5.60 Å². The molecule has 1 aliphatic carbocycles. The summed E-state index contributed by atoms with van der Waals surface area (Å²) in [5, 5.41) is 14.7. The second kappa shape index (κ2) is 7.28. The Kier molecular flexibility index (Phi) is 4.58. The number of nitrogens with one attached hydrogen (secondary N) is 2. The van der Waals surface area contributed by atoms with E-state index in [2.05, 4.69) is 20.3 Å². The summed E-state index contributed by atoms with van der Waals surface area (Å²) in [6, 6.07) is 4.27. The molecule has 156 valence electrons. The number of fused-ring (bicyclic) bond motifs is 2. The van der Waals surface area contributed by atoms with Crippen LogP contribution in [0.1, 0.15) is 39.0 Å². The van der Waals surface area contributed by atoms with Crippen molar-refractivity contribution in [1.82, 2.24) is 24.3 Å². The number of methoxy groups -OCH3 is 1. The monoisotopic (exact) mass is 406 g/mol. The SMILES string of the molecule is CC[C@]1(O)CC[C@H](Nc2nc(OC)c3c(-c4ccc5nccn5c4)c[nH]c3n2)CC1. The van der Waals surface area contributed by atoms with Gasteiger partial charge in [-0.2, -0.15) is 9.97 Å². The largest absolute Gasteiger partial charge is 0.480 e. The van der Waals surface area contributed by atoms with Crippen molar-refractivity contribution in [2.24, 2.45) is 0 Å². The topological polar surface area (TPSA) is 100 Å². The number of H-pyrrole nitrogens is 1. The highest BCUT2D eigenvalue weighted by atomic mass is 16.5. The first kappa shape index (κ1) is 18.9. The van der Waals surface area contributed by atoms with E-state index >= 15 is 0 Å². The van der Waals surface area contributed by atoms with Crippen molar-refractivity contribution in [2.75, 3.05) is 12.4 Å². The first-order valence-corrected chi connectivity index (χ1v) is 10.4. The lowest BCUT2D eigenvalue weighted by Gasteiger charge is -2.35. The number of hydrogen-bond donors (Lipinski definition) is 3. The van der Waals surface area contributed by atoms with Crippen molar-refractivity contribution in [3.63, 3.8) is 0 Å². The van der Waals surface area contributed by atoms with E-state index in [0.717, 1.165) is 59.9 Å². The zero-order valence-corrected chi connectivity index (χ0v) is 17.2. The fourth-order valence-corrected chi connectivity index (χ4v) is 4.35. The Hall–Kier alpha value is -3.13. The molecule has 8 nitrogen and oxygen atoms in total. The number of aromatic amines is 1. The molecule has 5 rings (SSSR count). The van der Waals surface area contributed by atoms with Crippen LogP contribution >= 0.6 is 0 Å². The predicted molar refractivity (Wildman–Crippen MR) is 116 cm³/mol. The highest BCUT2D eigenvalue weighted by molar-refractivity contribution is 5.97. The quantitative estimate of drug-likeness (QED) is 0.466. The van der Waals surface area contributed by atoms with Gasteiger partial charge in [-0.25, -0.2) is 4.98 Å². The molecule has 3 N–H and O–H groups in total. The third-order valence-electron chi connectivity index (χ3n) is 6.30. The molecule has 0 aromatic carbocycles. The Morgan fingerprint density at radius 2 is 2.13 bits per heavy atom. The third kappa shape index (κ3) is 3.27. The maximum Gasteiger partial charge on any atom is 0.228 e. The summed E-state index contributed by atoms with van der Waals surface area (Å²) in [5.41, 5.74) is 3.11. The number of pyridine rings is 1. The van der Waals surface area contributed by atoms with Gasteiger partial charge in [0.1, 0.15) is 11.3 Å². The Labute approximate surface area is 174 Å². The Balaban J connectivity index is 1.46. The van der Waals surface area contributed by atoms with Crippen molar-refractivity contribution in [3.8, 4) is 17.0 Å². The highest BCUT2D eigenvalue weighted by Gasteiger charge is 2.31. The van der Waals surface area contributed by atoms with Crippen molar-refractivity contribution in [2.45, 2.75) is 50.7 Å². The van der Waals surface area contributed by atoms with Crippen molar-refractivity contribution in [3.05, 3.63) is 36.9 Å². The summed E-state index contributed by atoms with van der Waals surface area (Å²) in [6.45, 7) is 2.04. The standard InChI is InChI=1S/C22H26N6O2/c1-3-22(29)8-6-15(7-9-22)25-21-26-19-18(20(27-21)30-2)16(12-24-19)14-4-5-17-23-10-11-28(17)13-14/h4-5,10-13,15,29H,3,6-9H2,1-2H3,(H2,24,25,26,27)/t15-,22-. The number of hydrogen-bond acceptors (Lipinski definition) is 6. The first-order valence-electron chi connectivity index (χ1n) is 10.4. The summed E-state index contributed by atoms with van der Waals surface area (Å²) < 4.78 is 7.61. The summed E-state index contributed by atoms with van der Waals surface area (Å²) in [5.74, 6) is 1.08. The fraction of sp³-hybridized carbons (Fsp3) is 0.409.